The molecule has 38 heavy (non-hydrogen) atoms. The molecule has 0 aliphatic heterocycles. The fraction of sp³-hybridized carbons (Fsp3) is 0.643. The molecule has 214 valence electrons. The van der Waals surface area contributed by atoms with Crippen LogP contribution in [0.2, 0.25) is 0 Å². The third-order valence-corrected chi connectivity index (χ3v) is 5.96. The first-order valence-electron chi connectivity index (χ1n) is 13.3. The van der Waals surface area contributed by atoms with E-state index in [1.807, 2.05) is 31.2 Å². The van der Waals surface area contributed by atoms with Crippen molar-refractivity contribution >= 4 is 36.5 Å². The van der Waals surface area contributed by atoms with E-state index in [0.29, 0.717) is 18.5 Å². The van der Waals surface area contributed by atoms with Gasteiger partial charge in [0.25, 0.3) is 0 Å². The van der Waals surface area contributed by atoms with Crippen molar-refractivity contribution in [1.82, 2.24) is 15.5 Å². The van der Waals surface area contributed by atoms with Crippen LogP contribution in [-0.2, 0) is 23.9 Å². The van der Waals surface area contributed by atoms with Crippen molar-refractivity contribution < 1.29 is 28.7 Å². The van der Waals surface area contributed by atoms with Gasteiger partial charge in [-0.1, -0.05) is 56.0 Å². The number of hydrogen-bond donors (Lipinski definition) is 3. The molecule has 0 saturated carbocycles. The molecular weight excluding hydrogens is 506 g/mol. The van der Waals surface area contributed by atoms with E-state index in [1.54, 1.807) is 27.7 Å². The Kier molecular flexibility index (Phi) is 14.9. The Hall–Kier alpha value is -2.75. The number of alkyl carbamates (subject to hydrolysis) is 1. The maximum Gasteiger partial charge on any atom is 0.408 e. The standard InChI is InChI=1S/C28H45N3O6S/c1-7-9-10-11-18-31(26(34)22(19-38)30-27(35)37-28(4,5)6)24(21-14-12-20(3)13-15-21)25(33)29-17-16-23(32)36-8-2/h12-15,22,24,38H,7-11,16-19H2,1-6H3,(H,29,33)(H,30,35). The molecule has 1 aromatic rings. The molecule has 0 spiro atoms. The Bertz CT molecular complexity index is 901. The second-order valence-electron chi connectivity index (χ2n) is 10.1. The van der Waals surface area contributed by atoms with Gasteiger partial charge < -0.3 is 25.0 Å². The molecule has 0 heterocycles. The van der Waals surface area contributed by atoms with Crippen LogP contribution in [0.3, 0.4) is 0 Å². The summed E-state index contributed by atoms with van der Waals surface area (Å²) in [6, 6.07) is 5.42. The fourth-order valence-corrected chi connectivity index (χ4v) is 4.00. The average Bonchev–Trinajstić information content (AvgIpc) is 2.84. The van der Waals surface area contributed by atoms with E-state index in [9.17, 15) is 19.2 Å². The van der Waals surface area contributed by atoms with Crippen molar-refractivity contribution in [1.29, 1.82) is 0 Å². The Morgan fingerprint density at radius 2 is 1.68 bits per heavy atom. The number of nitrogens with one attached hydrogen (secondary N) is 2. The molecule has 0 aliphatic carbocycles. The SMILES string of the molecule is CCCCCCN(C(=O)C(CS)NC(=O)OC(C)(C)C)C(C(=O)NCCC(=O)OCC)c1ccc(C)cc1. The number of unbranched alkanes of at least 4 members (excludes halogenated alkanes) is 3. The molecule has 2 atom stereocenters. The molecule has 2 N–H and O–H groups in total. The van der Waals surface area contributed by atoms with Gasteiger partial charge in [-0.2, -0.15) is 12.6 Å². The van der Waals surface area contributed by atoms with Crippen LogP contribution < -0.4 is 10.6 Å². The highest BCUT2D eigenvalue weighted by atomic mass is 32.1. The Morgan fingerprint density at radius 1 is 1.03 bits per heavy atom. The number of ether oxygens (including phenoxy) is 2. The Labute approximate surface area is 232 Å². The number of esters is 1. The molecule has 0 aliphatic rings. The maximum atomic E-state index is 13.8. The fourth-order valence-electron chi connectivity index (χ4n) is 3.75. The second kappa shape index (κ2) is 17.0. The number of carbonyl (C=O) groups excluding carboxylic acids is 4. The Morgan fingerprint density at radius 3 is 2.24 bits per heavy atom. The van der Waals surface area contributed by atoms with Gasteiger partial charge >= 0.3 is 12.1 Å². The summed E-state index contributed by atoms with van der Waals surface area (Å²) in [6.45, 7) is 11.6. The normalized spacial score (nSPS) is 12.7. The van der Waals surface area contributed by atoms with E-state index in [4.69, 9.17) is 9.47 Å². The molecule has 3 amide bonds. The van der Waals surface area contributed by atoms with Gasteiger partial charge in [-0.25, -0.2) is 4.79 Å². The lowest BCUT2D eigenvalue weighted by Crippen LogP contribution is -2.54. The van der Waals surface area contributed by atoms with Gasteiger partial charge in [-0.15, -0.1) is 0 Å². The molecule has 1 rings (SSSR count). The van der Waals surface area contributed by atoms with E-state index in [1.165, 1.54) is 4.90 Å². The van der Waals surface area contributed by atoms with Crippen molar-refractivity contribution in [3.05, 3.63) is 35.4 Å². The van der Waals surface area contributed by atoms with Crippen LogP contribution >= 0.6 is 12.6 Å². The van der Waals surface area contributed by atoms with Crippen molar-refractivity contribution in [2.24, 2.45) is 0 Å². The largest absolute Gasteiger partial charge is 0.466 e. The zero-order chi connectivity index (χ0) is 28.7. The molecule has 0 aromatic heterocycles. The quantitative estimate of drug-likeness (QED) is 0.170. The molecule has 0 radical (unpaired) electrons. The number of hydrogen-bond acceptors (Lipinski definition) is 7. The number of benzene rings is 1. The summed E-state index contributed by atoms with van der Waals surface area (Å²) in [6.07, 6.45) is 2.87. The predicted octanol–water partition coefficient (Wildman–Crippen LogP) is 4.34. The van der Waals surface area contributed by atoms with Gasteiger partial charge in [-0.05, 0) is 46.6 Å². The monoisotopic (exact) mass is 551 g/mol. The van der Waals surface area contributed by atoms with Crippen molar-refractivity contribution in [3.63, 3.8) is 0 Å². The number of nitrogens with zero attached hydrogens (tertiary/aromatic N) is 1. The van der Waals surface area contributed by atoms with E-state index < -0.39 is 41.6 Å². The summed E-state index contributed by atoms with van der Waals surface area (Å²) in [5.74, 6) is -1.25. The van der Waals surface area contributed by atoms with Gasteiger partial charge in [0.05, 0.1) is 13.0 Å². The number of carbonyl (C=O) groups is 4. The smallest absolute Gasteiger partial charge is 0.408 e. The van der Waals surface area contributed by atoms with E-state index in [-0.39, 0.29) is 25.3 Å². The van der Waals surface area contributed by atoms with Crippen LogP contribution in [0.5, 0.6) is 0 Å². The average molecular weight is 552 g/mol. The molecule has 9 nitrogen and oxygen atoms in total. The molecule has 0 saturated heterocycles. The third-order valence-electron chi connectivity index (χ3n) is 5.59. The number of aryl methyl sites for hydroxylation is 1. The molecular formula is C28H45N3O6S. The summed E-state index contributed by atoms with van der Waals surface area (Å²) in [7, 11) is 0. The van der Waals surface area contributed by atoms with Crippen molar-refractivity contribution in [3.8, 4) is 0 Å². The van der Waals surface area contributed by atoms with Crippen molar-refractivity contribution in [2.75, 3.05) is 25.4 Å². The molecule has 0 bridgehead atoms. The summed E-state index contributed by atoms with van der Waals surface area (Å²) >= 11 is 4.31. The highest BCUT2D eigenvalue weighted by Gasteiger charge is 2.35. The van der Waals surface area contributed by atoms with Crippen LogP contribution in [0, 0.1) is 6.92 Å². The Balaban J connectivity index is 3.30. The lowest BCUT2D eigenvalue weighted by atomic mass is 10.0. The van der Waals surface area contributed by atoms with E-state index >= 15 is 0 Å². The number of thiol groups is 1. The summed E-state index contributed by atoms with van der Waals surface area (Å²) < 4.78 is 10.3. The van der Waals surface area contributed by atoms with Crippen LogP contribution in [0.1, 0.15) is 83.9 Å². The maximum absolute atomic E-state index is 13.8. The van der Waals surface area contributed by atoms with Crippen LogP contribution in [-0.4, -0.2) is 65.9 Å². The first-order valence-corrected chi connectivity index (χ1v) is 14.0. The second-order valence-corrected chi connectivity index (χ2v) is 10.5. The minimum Gasteiger partial charge on any atom is -0.466 e. The lowest BCUT2D eigenvalue weighted by Gasteiger charge is -2.34. The predicted molar refractivity (Wildman–Crippen MR) is 151 cm³/mol. The van der Waals surface area contributed by atoms with Gasteiger partial charge in [-0.3, -0.25) is 14.4 Å². The minimum atomic E-state index is -1.00. The molecule has 10 heteroatoms. The van der Waals surface area contributed by atoms with Crippen LogP contribution in [0.15, 0.2) is 24.3 Å². The molecule has 2 unspecified atom stereocenters. The zero-order valence-electron chi connectivity index (χ0n) is 23.7. The van der Waals surface area contributed by atoms with Crippen molar-refractivity contribution in [2.45, 2.75) is 91.3 Å². The number of amides is 3. The van der Waals surface area contributed by atoms with Gasteiger partial charge in [0.1, 0.15) is 17.7 Å². The van der Waals surface area contributed by atoms with Gasteiger partial charge in [0.2, 0.25) is 11.8 Å². The van der Waals surface area contributed by atoms with Gasteiger partial charge in [0.15, 0.2) is 0 Å². The topological polar surface area (TPSA) is 114 Å². The van der Waals surface area contributed by atoms with Gasteiger partial charge in [0, 0.05) is 18.8 Å². The summed E-state index contributed by atoms with van der Waals surface area (Å²) in [4.78, 5) is 53.1. The highest BCUT2D eigenvalue weighted by molar-refractivity contribution is 7.80. The first kappa shape index (κ1) is 33.3. The van der Waals surface area contributed by atoms with Crippen LogP contribution in [0.25, 0.3) is 0 Å². The number of rotatable bonds is 15. The van der Waals surface area contributed by atoms with E-state index in [0.717, 1.165) is 24.8 Å². The highest BCUT2D eigenvalue weighted by Crippen LogP contribution is 2.24. The zero-order valence-corrected chi connectivity index (χ0v) is 24.6. The third kappa shape index (κ3) is 12.2. The lowest BCUT2D eigenvalue weighted by molar-refractivity contribution is -0.144. The minimum absolute atomic E-state index is 0.0180. The van der Waals surface area contributed by atoms with E-state index in [2.05, 4.69) is 30.2 Å². The molecule has 1 aromatic carbocycles. The summed E-state index contributed by atoms with van der Waals surface area (Å²) in [5, 5.41) is 5.40. The first-order chi connectivity index (χ1) is 17.9. The summed E-state index contributed by atoms with van der Waals surface area (Å²) in [5.41, 5.74) is 0.899. The van der Waals surface area contributed by atoms with Crippen LogP contribution in [0.4, 0.5) is 4.79 Å². The molecule has 0 fully saturated rings.